The maximum absolute atomic E-state index is 12.0. The molecule has 0 bridgehead atoms. The van der Waals surface area contributed by atoms with Crippen LogP contribution in [0.15, 0.2) is 24.3 Å². The number of rotatable bonds is 10. The number of unbranched alkanes of at least 4 members (excludes halogenated alkanes) is 1. The summed E-state index contributed by atoms with van der Waals surface area (Å²) in [5.41, 5.74) is 2.22. The molecule has 0 aliphatic heterocycles. The molecule has 6 heteroatoms. The maximum Gasteiger partial charge on any atom is 0.694 e. The van der Waals surface area contributed by atoms with Gasteiger partial charge in [0.1, 0.15) is 6.61 Å². The molecule has 0 aromatic heterocycles. The summed E-state index contributed by atoms with van der Waals surface area (Å²) in [4.78, 5) is 20.5. The van der Waals surface area contributed by atoms with Gasteiger partial charge in [-0.3, -0.25) is 4.79 Å². The van der Waals surface area contributed by atoms with Crippen LogP contribution in [0.5, 0.6) is 0 Å². The summed E-state index contributed by atoms with van der Waals surface area (Å²) in [6, 6.07) is 8.09. The summed E-state index contributed by atoms with van der Waals surface area (Å²) in [6.45, 7) is 6.67. The average Bonchev–Trinajstić information content (AvgIpc) is 2.49. The fourth-order valence-electron chi connectivity index (χ4n) is 2.19. The molecule has 1 N–H and O–H groups in total. The lowest BCUT2D eigenvalue weighted by Gasteiger charge is -2.13. The van der Waals surface area contributed by atoms with Crippen molar-refractivity contribution in [3.8, 4) is 0 Å². The van der Waals surface area contributed by atoms with Crippen molar-refractivity contribution in [3.05, 3.63) is 35.4 Å². The van der Waals surface area contributed by atoms with Crippen LogP contribution in [-0.2, 0) is 25.0 Å². The smallest absolute Gasteiger partial charge is 0.465 e. The third-order valence-electron chi connectivity index (χ3n) is 3.46. The quantitative estimate of drug-likeness (QED) is 0.396. The van der Waals surface area contributed by atoms with Crippen molar-refractivity contribution >= 4 is 14.2 Å². The molecule has 0 radical (unpaired) electrons. The molecule has 0 amide bonds. The van der Waals surface area contributed by atoms with Crippen LogP contribution in [0.3, 0.4) is 0 Å². The Labute approximate surface area is 139 Å². The zero-order valence-corrected chi connectivity index (χ0v) is 14.9. The molecule has 0 spiro atoms. The van der Waals surface area contributed by atoms with Gasteiger partial charge in [-0.2, -0.15) is 0 Å². The van der Waals surface area contributed by atoms with Gasteiger partial charge in [0.25, 0.3) is 0 Å². The monoisotopic (exact) mass is 341 g/mol. The van der Waals surface area contributed by atoms with Gasteiger partial charge < -0.3 is 4.74 Å². The Kier molecular flexibility index (Phi) is 9.00. The highest BCUT2D eigenvalue weighted by Gasteiger charge is 2.17. The van der Waals surface area contributed by atoms with Gasteiger partial charge in [-0.05, 0) is 43.2 Å². The van der Waals surface area contributed by atoms with Gasteiger partial charge in [-0.25, -0.2) is 0 Å². The molecular formula is C17H26O5P+. The van der Waals surface area contributed by atoms with E-state index in [9.17, 15) is 9.36 Å². The first-order chi connectivity index (χ1) is 10.9. The molecule has 0 aliphatic rings. The van der Waals surface area contributed by atoms with E-state index in [2.05, 4.69) is 30.5 Å². The zero-order chi connectivity index (χ0) is 17.2. The summed E-state index contributed by atoms with van der Waals surface area (Å²) in [7, 11) is -2.54. The second kappa shape index (κ2) is 10.5. The fraction of sp³-hybridized carbons (Fsp3) is 0.588. The lowest BCUT2D eigenvalue weighted by atomic mass is 9.97. The Morgan fingerprint density at radius 1 is 1.13 bits per heavy atom. The summed E-state index contributed by atoms with van der Waals surface area (Å²) in [5.74, 6) is 0.0539. The Hall–Kier alpha value is -1.29. The van der Waals surface area contributed by atoms with Crippen molar-refractivity contribution in [1.29, 1.82) is 0 Å². The molecule has 1 aromatic carbocycles. The molecule has 5 nitrogen and oxygen atoms in total. The van der Waals surface area contributed by atoms with E-state index in [1.54, 1.807) is 0 Å². The second-order valence-electron chi connectivity index (χ2n) is 6.01. The van der Waals surface area contributed by atoms with Crippen LogP contribution in [0, 0.1) is 5.92 Å². The summed E-state index contributed by atoms with van der Waals surface area (Å²) < 4.78 is 20.1. The average molecular weight is 341 g/mol. The molecule has 0 saturated carbocycles. The molecule has 0 aliphatic carbocycles. The Morgan fingerprint density at radius 2 is 1.74 bits per heavy atom. The van der Waals surface area contributed by atoms with Crippen LogP contribution in [0.25, 0.3) is 0 Å². The van der Waals surface area contributed by atoms with E-state index in [1.165, 1.54) is 5.56 Å². The molecule has 2 unspecified atom stereocenters. The van der Waals surface area contributed by atoms with Gasteiger partial charge in [0, 0.05) is 4.57 Å². The highest BCUT2D eigenvalue weighted by molar-refractivity contribution is 7.32. The number of benzene rings is 1. The number of ether oxygens (including phenoxy) is 1. The van der Waals surface area contributed by atoms with E-state index < -0.39 is 8.25 Å². The summed E-state index contributed by atoms with van der Waals surface area (Å²) in [5, 5.41) is 0. The van der Waals surface area contributed by atoms with Crippen LogP contribution >= 0.6 is 8.25 Å². The summed E-state index contributed by atoms with van der Waals surface area (Å²) in [6.07, 6.45) is 2.21. The van der Waals surface area contributed by atoms with Crippen molar-refractivity contribution in [2.45, 2.75) is 46.0 Å². The van der Waals surface area contributed by atoms with Crippen LogP contribution in [0.2, 0.25) is 0 Å². The Balaban J connectivity index is 2.34. The van der Waals surface area contributed by atoms with Gasteiger partial charge in [0.2, 0.25) is 0 Å². The van der Waals surface area contributed by atoms with Gasteiger partial charge in [0.15, 0.2) is 0 Å². The van der Waals surface area contributed by atoms with Crippen molar-refractivity contribution in [2.75, 3.05) is 13.2 Å². The van der Waals surface area contributed by atoms with Gasteiger partial charge >= 0.3 is 14.2 Å². The van der Waals surface area contributed by atoms with Crippen molar-refractivity contribution in [1.82, 2.24) is 0 Å². The molecular weight excluding hydrogens is 315 g/mol. The number of hydrogen-bond donors (Lipinski definition) is 1. The zero-order valence-electron chi connectivity index (χ0n) is 14.0. The highest BCUT2D eigenvalue weighted by atomic mass is 31.1. The molecule has 23 heavy (non-hydrogen) atoms. The standard InChI is InChI=1S/C17H25O5P/c1-13(2)12-15-6-8-16(9-7-15)14(3)17(18)21-10-4-5-11-22-23(19)20/h6-9,13-14H,4-5,10-12H2,1-3H3/p+1. The van der Waals surface area contributed by atoms with Crippen molar-refractivity contribution in [2.24, 2.45) is 5.92 Å². The molecule has 1 rings (SSSR count). The van der Waals surface area contributed by atoms with Crippen molar-refractivity contribution in [3.63, 3.8) is 0 Å². The van der Waals surface area contributed by atoms with E-state index in [-0.39, 0.29) is 18.5 Å². The van der Waals surface area contributed by atoms with E-state index in [1.807, 2.05) is 19.1 Å². The van der Waals surface area contributed by atoms with E-state index >= 15 is 0 Å². The van der Waals surface area contributed by atoms with Gasteiger partial charge in [-0.15, -0.1) is 9.42 Å². The largest absolute Gasteiger partial charge is 0.694 e. The molecule has 128 valence electrons. The minimum atomic E-state index is -2.54. The molecule has 0 saturated heterocycles. The van der Waals surface area contributed by atoms with E-state index in [0.717, 1.165) is 12.0 Å². The van der Waals surface area contributed by atoms with Crippen LogP contribution in [0.1, 0.15) is 50.7 Å². The van der Waals surface area contributed by atoms with E-state index in [4.69, 9.17) is 9.63 Å². The first kappa shape index (κ1) is 19.8. The normalized spacial score (nSPS) is 13.0. The number of carbonyl (C=O) groups excluding carboxylic acids is 1. The second-order valence-corrected chi connectivity index (χ2v) is 6.74. The minimum absolute atomic E-state index is 0.191. The molecule has 0 heterocycles. The van der Waals surface area contributed by atoms with E-state index in [0.29, 0.717) is 25.4 Å². The van der Waals surface area contributed by atoms with Crippen LogP contribution in [-0.4, -0.2) is 24.1 Å². The van der Waals surface area contributed by atoms with Gasteiger partial charge in [-0.1, -0.05) is 38.1 Å². The fourth-order valence-corrected chi connectivity index (χ4v) is 2.48. The third-order valence-corrected chi connectivity index (χ3v) is 3.87. The van der Waals surface area contributed by atoms with Crippen LogP contribution in [0.4, 0.5) is 0 Å². The lowest BCUT2D eigenvalue weighted by molar-refractivity contribution is -0.145. The number of esters is 1. The first-order valence-electron chi connectivity index (χ1n) is 7.94. The Morgan fingerprint density at radius 3 is 2.30 bits per heavy atom. The van der Waals surface area contributed by atoms with Crippen LogP contribution < -0.4 is 0 Å². The lowest BCUT2D eigenvalue weighted by Crippen LogP contribution is -2.14. The Bertz CT molecular complexity index is 498. The minimum Gasteiger partial charge on any atom is -0.465 e. The van der Waals surface area contributed by atoms with Gasteiger partial charge in [0.05, 0.1) is 12.5 Å². The summed E-state index contributed by atoms with van der Waals surface area (Å²) >= 11 is 0. The number of carbonyl (C=O) groups is 1. The molecule has 2 atom stereocenters. The maximum atomic E-state index is 12.0. The topological polar surface area (TPSA) is 72.8 Å². The SMILES string of the molecule is CC(C)Cc1ccc(C(C)C(=O)OCCCCO[P+](=O)O)cc1. The molecule has 0 fully saturated rings. The van der Waals surface area contributed by atoms with Crippen molar-refractivity contribution < 1.29 is 23.5 Å². The third kappa shape index (κ3) is 8.21. The number of hydrogen-bond acceptors (Lipinski definition) is 4. The predicted molar refractivity (Wildman–Crippen MR) is 89.4 cm³/mol. The highest BCUT2D eigenvalue weighted by Crippen LogP contribution is 2.19. The first-order valence-corrected chi connectivity index (χ1v) is 9.07. The molecule has 1 aromatic rings. The predicted octanol–water partition coefficient (Wildman–Crippen LogP) is 3.98.